The van der Waals surface area contributed by atoms with E-state index in [4.69, 9.17) is 0 Å². The minimum Gasteiger partial charge on any atom is -0.478 e. The molecule has 0 spiro atoms. The number of benzene rings is 3. The fourth-order valence-corrected chi connectivity index (χ4v) is 2.73. The van der Waals surface area contributed by atoms with E-state index in [-0.39, 0.29) is 17.2 Å². The maximum absolute atomic E-state index is 12.4. The number of anilines is 3. The third-order valence-electron chi connectivity index (χ3n) is 3.73. The molecule has 0 atom stereocenters. The first kappa shape index (κ1) is 18.5. The Labute approximate surface area is 164 Å². The molecule has 0 bridgehead atoms. The average Bonchev–Trinajstić information content (AvgIpc) is 2.68. The summed E-state index contributed by atoms with van der Waals surface area (Å²) in [4.78, 5) is 23.8. The second kappa shape index (κ2) is 8.37. The zero-order valence-electron chi connectivity index (χ0n) is 14.1. The third-order valence-corrected chi connectivity index (χ3v) is 4.23. The average molecular weight is 426 g/mol. The minimum atomic E-state index is -1.11. The topological polar surface area (TPSA) is 90.5 Å². The van der Waals surface area contributed by atoms with Crippen LogP contribution in [0.2, 0.25) is 0 Å². The van der Waals surface area contributed by atoms with Crippen LogP contribution in [0.1, 0.15) is 20.7 Å². The summed E-state index contributed by atoms with van der Waals surface area (Å²) in [5.74, 6) is -1.50. The molecule has 0 radical (unpaired) electrons. The van der Waals surface area contributed by atoms with Gasteiger partial charge in [0.1, 0.15) is 0 Å². The number of amides is 1. The van der Waals surface area contributed by atoms with E-state index >= 15 is 0 Å². The lowest BCUT2D eigenvalue weighted by molar-refractivity contribution is 0.0698. The fourth-order valence-electron chi connectivity index (χ4n) is 2.37. The SMILES string of the molecule is O=C(Nc1ccc(Br)cc1C(=O)O)c1ccc(NNc2ccccc2)cc1. The van der Waals surface area contributed by atoms with Gasteiger partial charge in [-0.15, -0.1) is 0 Å². The summed E-state index contributed by atoms with van der Waals surface area (Å²) in [6.45, 7) is 0. The summed E-state index contributed by atoms with van der Waals surface area (Å²) < 4.78 is 0.624. The van der Waals surface area contributed by atoms with E-state index in [0.717, 1.165) is 11.4 Å². The van der Waals surface area contributed by atoms with E-state index in [0.29, 0.717) is 10.0 Å². The first-order chi connectivity index (χ1) is 13.0. The highest BCUT2D eigenvalue weighted by molar-refractivity contribution is 9.10. The molecule has 0 saturated heterocycles. The molecule has 0 saturated carbocycles. The van der Waals surface area contributed by atoms with Crippen molar-refractivity contribution < 1.29 is 14.7 Å². The molecule has 0 unspecified atom stereocenters. The van der Waals surface area contributed by atoms with Crippen LogP contribution in [-0.4, -0.2) is 17.0 Å². The molecule has 0 aliphatic rings. The number of hydrogen-bond acceptors (Lipinski definition) is 4. The van der Waals surface area contributed by atoms with Gasteiger partial charge in [0, 0.05) is 10.0 Å². The van der Waals surface area contributed by atoms with Crippen LogP contribution in [0.25, 0.3) is 0 Å². The van der Waals surface area contributed by atoms with Crippen molar-refractivity contribution in [3.8, 4) is 0 Å². The van der Waals surface area contributed by atoms with Gasteiger partial charge in [-0.2, -0.15) is 0 Å². The summed E-state index contributed by atoms with van der Waals surface area (Å²) >= 11 is 3.23. The molecule has 7 heteroatoms. The number of carboxylic acids is 1. The molecule has 1 amide bonds. The van der Waals surface area contributed by atoms with Crippen LogP contribution >= 0.6 is 15.9 Å². The van der Waals surface area contributed by atoms with E-state index in [1.807, 2.05) is 30.3 Å². The number of carbonyl (C=O) groups is 2. The highest BCUT2D eigenvalue weighted by atomic mass is 79.9. The van der Waals surface area contributed by atoms with Gasteiger partial charge in [-0.1, -0.05) is 34.1 Å². The third kappa shape index (κ3) is 4.86. The number of para-hydroxylation sites is 1. The summed E-state index contributed by atoms with van der Waals surface area (Å²) in [5, 5.41) is 11.9. The Morgan fingerprint density at radius 3 is 2.07 bits per heavy atom. The summed E-state index contributed by atoms with van der Waals surface area (Å²) in [6.07, 6.45) is 0. The standard InChI is InChI=1S/C20H16BrN3O3/c21-14-8-11-18(17(12-14)20(26)27)22-19(25)13-6-9-16(10-7-13)24-23-15-4-2-1-3-5-15/h1-12,23-24H,(H,22,25)(H,26,27). The molecule has 4 N–H and O–H groups in total. The molecule has 3 rings (SSSR count). The predicted molar refractivity (Wildman–Crippen MR) is 109 cm³/mol. The van der Waals surface area contributed by atoms with Crippen LogP contribution in [0.5, 0.6) is 0 Å². The predicted octanol–water partition coefficient (Wildman–Crippen LogP) is 4.84. The highest BCUT2D eigenvalue weighted by Crippen LogP contribution is 2.22. The molecule has 3 aromatic carbocycles. The molecule has 0 aliphatic heterocycles. The van der Waals surface area contributed by atoms with E-state index in [1.54, 1.807) is 36.4 Å². The van der Waals surface area contributed by atoms with E-state index in [9.17, 15) is 14.7 Å². The second-order valence-electron chi connectivity index (χ2n) is 5.64. The van der Waals surface area contributed by atoms with Crippen molar-refractivity contribution in [2.45, 2.75) is 0 Å². The Kier molecular flexibility index (Phi) is 5.73. The van der Waals surface area contributed by atoms with Crippen LogP contribution in [0.15, 0.2) is 77.3 Å². The van der Waals surface area contributed by atoms with Gasteiger partial charge in [0.25, 0.3) is 5.91 Å². The van der Waals surface area contributed by atoms with Crippen molar-refractivity contribution >= 4 is 44.9 Å². The largest absolute Gasteiger partial charge is 0.478 e. The van der Waals surface area contributed by atoms with Gasteiger partial charge in [0.05, 0.1) is 22.6 Å². The zero-order valence-corrected chi connectivity index (χ0v) is 15.7. The van der Waals surface area contributed by atoms with Gasteiger partial charge in [0.15, 0.2) is 0 Å². The van der Waals surface area contributed by atoms with Crippen molar-refractivity contribution in [3.05, 3.63) is 88.4 Å². The quantitative estimate of drug-likeness (QED) is 0.424. The molecule has 6 nitrogen and oxygen atoms in total. The highest BCUT2D eigenvalue weighted by Gasteiger charge is 2.14. The Morgan fingerprint density at radius 2 is 1.44 bits per heavy atom. The molecule has 0 heterocycles. The summed E-state index contributed by atoms with van der Waals surface area (Å²) in [7, 11) is 0. The number of nitrogens with one attached hydrogen (secondary N) is 3. The lowest BCUT2D eigenvalue weighted by Gasteiger charge is -2.11. The Balaban J connectivity index is 1.67. The van der Waals surface area contributed by atoms with Gasteiger partial charge in [0.2, 0.25) is 0 Å². The molecule has 136 valence electrons. The van der Waals surface area contributed by atoms with Crippen LogP contribution in [0.4, 0.5) is 17.1 Å². The first-order valence-electron chi connectivity index (χ1n) is 8.04. The molecule has 27 heavy (non-hydrogen) atoms. The lowest BCUT2D eigenvalue weighted by atomic mass is 10.1. The number of hydrazine groups is 1. The van der Waals surface area contributed by atoms with Crippen molar-refractivity contribution in [1.29, 1.82) is 0 Å². The van der Waals surface area contributed by atoms with Crippen LogP contribution in [0.3, 0.4) is 0 Å². The van der Waals surface area contributed by atoms with Crippen molar-refractivity contribution in [1.82, 2.24) is 0 Å². The molecule has 0 fully saturated rings. The van der Waals surface area contributed by atoms with Crippen LogP contribution in [0, 0.1) is 0 Å². The van der Waals surface area contributed by atoms with E-state index < -0.39 is 5.97 Å². The van der Waals surface area contributed by atoms with E-state index in [1.165, 1.54) is 6.07 Å². The number of hydrogen-bond donors (Lipinski definition) is 4. The molecular weight excluding hydrogens is 410 g/mol. The minimum absolute atomic E-state index is 0.0167. The second-order valence-corrected chi connectivity index (χ2v) is 6.56. The first-order valence-corrected chi connectivity index (χ1v) is 8.83. The number of carboxylic acid groups (broad SMARTS) is 1. The summed E-state index contributed by atoms with van der Waals surface area (Å²) in [6, 6.07) is 21.1. The van der Waals surface area contributed by atoms with Gasteiger partial charge >= 0.3 is 5.97 Å². The lowest BCUT2D eigenvalue weighted by Crippen LogP contribution is -2.15. The van der Waals surface area contributed by atoms with Crippen LogP contribution < -0.4 is 16.2 Å². The van der Waals surface area contributed by atoms with Gasteiger partial charge < -0.3 is 21.3 Å². The fraction of sp³-hybridized carbons (Fsp3) is 0. The molecule has 3 aromatic rings. The number of halogens is 1. The Bertz CT molecular complexity index is 960. The molecule has 0 aromatic heterocycles. The Hall–Kier alpha value is -3.32. The van der Waals surface area contributed by atoms with Crippen LogP contribution in [-0.2, 0) is 0 Å². The smallest absolute Gasteiger partial charge is 0.337 e. The van der Waals surface area contributed by atoms with Crippen molar-refractivity contribution in [3.63, 3.8) is 0 Å². The summed E-state index contributed by atoms with van der Waals surface area (Å²) in [5.41, 5.74) is 8.46. The number of rotatable bonds is 6. The number of aromatic carboxylic acids is 1. The number of carbonyl (C=O) groups excluding carboxylic acids is 1. The maximum Gasteiger partial charge on any atom is 0.337 e. The van der Waals surface area contributed by atoms with E-state index in [2.05, 4.69) is 32.1 Å². The maximum atomic E-state index is 12.4. The normalized spacial score (nSPS) is 10.1. The van der Waals surface area contributed by atoms with Gasteiger partial charge in [-0.25, -0.2) is 4.79 Å². The monoisotopic (exact) mass is 425 g/mol. The van der Waals surface area contributed by atoms with Crippen molar-refractivity contribution in [2.75, 3.05) is 16.2 Å². The Morgan fingerprint density at radius 1 is 0.815 bits per heavy atom. The van der Waals surface area contributed by atoms with Crippen molar-refractivity contribution in [2.24, 2.45) is 0 Å². The molecular formula is C20H16BrN3O3. The molecule has 0 aliphatic carbocycles. The van der Waals surface area contributed by atoms with Gasteiger partial charge in [-0.3, -0.25) is 4.79 Å². The van der Waals surface area contributed by atoms with Gasteiger partial charge in [-0.05, 0) is 54.6 Å². The zero-order chi connectivity index (χ0) is 19.2.